The van der Waals surface area contributed by atoms with Crippen molar-refractivity contribution in [3.05, 3.63) is 0 Å². The zero-order chi connectivity index (χ0) is 9.84. The van der Waals surface area contributed by atoms with Gasteiger partial charge in [0.05, 0.1) is 13.2 Å². The lowest BCUT2D eigenvalue weighted by Crippen LogP contribution is -2.54. The second kappa shape index (κ2) is 8.13. The van der Waals surface area contributed by atoms with Crippen molar-refractivity contribution in [3.8, 4) is 0 Å². The monoisotopic (exact) mass is 260 g/mol. The van der Waals surface area contributed by atoms with Crippen molar-refractivity contribution in [1.29, 1.82) is 0 Å². The van der Waals surface area contributed by atoms with Crippen molar-refractivity contribution < 1.29 is 14.6 Å². The van der Waals surface area contributed by atoms with E-state index in [1.165, 1.54) is 0 Å². The third-order valence-corrected chi connectivity index (χ3v) is 2.19. The SMILES string of the molecule is CC(N)C(C(=O)O)N1CCOCC1.Cl.Cl. The minimum Gasteiger partial charge on any atom is -0.480 e. The summed E-state index contributed by atoms with van der Waals surface area (Å²) >= 11 is 0. The van der Waals surface area contributed by atoms with Crippen molar-refractivity contribution in [2.75, 3.05) is 26.3 Å². The molecule has 0 aliphatic carbocycles. The number of carboxylic acids is 1. The molecule has 1 aliphatic heterocycles. The Hall–Kier alpha value is -0.0700. The summed E-state index contributed by atoms with van der Waals surface area (Å²) in [4.78, 5) is 12.7. The first-order valence-electron chi connectivity index (χ1n) is 4.43. The van der Waals surface area contributed by atoms with Crippen LogP contribution < -0.4 is 5.73 Å². The zero-order valence-electron chi connectivity index (χ0n) is 8.59. The Bertz CT molecular complexity index is 187. The molecule has 92 valence electrons. The molecule has 5 nitrogen and oxygen atoms in total. The molecule has 1 aliphatic rings. The van der Waals surface area contributed by atoms with Crippen LogP contribution in [0.3, 0.4) is 0 Å². The van der Waals surface area contributed by atoms with Crippen LogP contribution in [-0.4, -0.2) is 54.4 Å². The molecule has 3 N–H and O–H groups in total. The van der Waals surface area contributed by atoms with Crippen molar-refractivity contribution in [2.24, 2.45) is 5.73 Å². The largest absolute Gasteiger partial charge is 0.480 e. The summed E-state index contributed by atoms with van der Waals surface area (Å²) in [5.74, 6) is -0.850. The summed E-state index contributed by atoms with van der Waals surface area (Å²) in [6.07, 6.45) is 0. The average molecular weight is 261 g/mol. The predicted octanol–water partition coefficient (Wildman–Crippen LogP) is -0.0374. The quantitative estimate of drug-likeness (QED) is 0.745. The normalized spacial score (nSPS) is 20.7. The summed E-state index contributed by atoms with van der Waals surface area (Å²) in [7, 11) is 0. The molecule has 0 aromatic rings. The van der Waals surface area contributed by atoms with E-state index in [0.717, 1.165) is 0 Å². The molecule has 0 spiro atoms. The maximum atomic E-state index is 10.9. The fourth-order valence-electron chi connectivity index (χ4n) is 1.57. The van der Waals surface area contributed by atoms with Crippen molar-refractivity contribution in [2.45, 2.75) is 19.0 Å². The standard InChI is InChI=1S/C8H16N2O3.2ClH/c1-6(9)7(8(11)12)10-2-4-13-5-3-10;;/h6-7H,2-5,9H2,1H3,(H,11,12);2*1H. The highest BCUT2D eigenvalue weighted by atomic mass is 35.5. The molecule has 1 fully saturated rings. The lowest BCUT2D eigenvalue weighted by Gasteiger charge is -2.33. The Morgan fingerprint density at radius 3 is 2.20 bits per heavy atom. The summed E-state index contributed by atoms with van der Waals surface area (Å²) in [6.45, 7) is 4.21. The maximum absolute atomic E-state index is 10.9. The Morgan fingerprint density at radius 1 is 1.40 bits per heavy atom. The molecule has 0 radical (unpaired) electrons. The van der Waals surface area contributed by atoms with E-state index in [4.69, 9.17) is 15.6 Å². The molecule has 0 aromatic carbocycles. The van der Waals surface area contributed by atoms with E-state index in [2.05, 4.69) is 0 Å². The van der Waals surface area contributed by atoms with E-state index in [9.17, 15) is 4.79 Å². The van der Waals surface area contributed by atoms with Gasteiger partial charge < -0.3 is 15.6 Å². The van der Waals surface area contributed by atoms with Crippen LogP contribution >= 0.6 is 24.8 Å². The Kier molecular flexibility index (Phi) is 9.39. The van der Waals surface area contributed by atoms with Crippen LogP contribution in [0.15, 0.2) is 0 Å². The van der Waals surface area contributed by atoms with Crippen LogP contribution in [-0.2, 0) is 9.53 Å². The van der Waals surface area contributed by atoms with Gasteiger partial charge in [-0.3, -0.25) is 9.69 Å². The number of carbonyl (C=O) groups is 1. The lowest BCUT2D eigenvalue weighted by atomic mass is 10.1. The molecular weight excluding hydrogens is 243 g/mol. The number of carboxylic acid groups (broad SMARTS) is 1. The van der Waals surface area contributed by atoms with E-state index < -0.39 is 12.0 Å². The van der Waals surface area contributed by atoms with Crippen LogP contribution in [0, 0.1) is 0 Å². The first-order chi connectivity index (χ1) is 6.13. The maximum Gasteiger partial charge on any atom is 0.322 e. The van der Waals surface area contributed by atoms with Crippen LogP contribution in [0.1, 0.15) is 6.92 Å². The van der Waals surface area contributed by atoms with Gasteiger partial charge >= 0.3 is 5.97 Å². The minimum atomic E-state index is -0.850. The fraction of sp³-hybridized carbons (Fsp3) is 0.875. The van der Waals surface area contributed by atoms with Crippen molar-refractivity contribution in [1.82, 2.24) is 4.90 Å². The van der Waals surface area contributed by atoms with Gasteiger partial charge in [0.1, 0.15) is 6.04 Å². The second-order valence-corrected chi connectivity index (χ2v) is 3.29. The second-order valence-electron chi connectivity index (χ2n) is 3.29. The Morgan fingerprint density at radius 2 is 1.87 bits per heavy atom. The van der Waals surface area contributed by atoms with E-state index in [0.29, 0.717) is 26.3 Å². The summed E-state index contributed by atoms with van der Waals surface area (Å²) in [6, 6.07) is -0.931. The highest BCUT2D eigenvalue weighted by Gasteiger charge is 2.29. The van der Waals surface area contributed by atoms with Gasteiger partial charge in [-0.05, 0) is 6.92 Å². The average Bonchev–Trinajstić information content (AvgIpc) is 2.04. The van der Waals surface area contributed by atoms with Crippen molar-refractivity contribution in [3.63, 3.8) is 0 Å². The van der Waals surface area contributed by atoms with Gasteiger partial charge in [0.2, 0.25) is 0 Å². The van der Waals surface area contributed by atoms with E-state index >= 15 is 0 Å². The molecule has 0 bridgehead atoms. The first-order valence-corrected chi connectivity index (χ1v) is 4.43. The van der Waals surface area contributed by atoms with Crippen LogP contribution in [0.5, 0.6) is 0 Å². The lowest BCUT2D eigenvalue weighted by molar-refractivity contribution is -0.145. The van der Waals surface area contributed by atoms with Crippen LogP contribution in [0.2, 0.25) is 0 Å². The molecule has 1 heterocycles. The molecular formula is C8H18Cl2N2O3. The topological polar surface area (TPSA) is 75.8 Å². The zero-order valence-corrected chi connectivity index (χ0v) is 10.2. The molecule has 1 rings (SSSR count). The number of nitrogens with two attached hydrogens (primary N) is 1. The van der Waals surface area contributed by atoms with Gasteiger partial charge in [-0.1, -0.05) is 0 Å². The van der Waals surface area contributed by atoms with E-state index in [-0.39, 0.29) is 30.9 Å². The van der Waals surface area contributed by atoms with E-state index in [1.54, 1.807) is 6.92 Å². The molecule has 0 saturated carbocycles. The van der Waals surface area contributed by atoms with Gasteiger partial charge in [-0.25, -0.2) is 0 Å². The first kappa shape index (κ1) is 17.3. The molecule has 1 saturated heterocycles. The fourth-order valence-corrected chi connectivity index (χ4v) is 1.57. The number of nitrogens with zero attached hydrogens (tertiary/aromatic N) is 1. The molecule has 7 heteroatoms. The molecule has 2 unspecified atom stereocenters. The highest BCUT2D eigenvalue weighted by molar-refractivity contribution is 5.85. The Balaban J connectivity index is 0. The minimum absolute atomic E-state index is 0. The smallest absolute Gasteiger partial charge is 0.322 e. The van der Waals surface area contributed by atoms with Gasteiger partial charge in [0.25, 0.3) is 0 Å². The number of hydrogen-bond donors (Lipinski definition) is 2. The molecule has 0 aromatic heterocycles. The van der Waals surface area contributed by atoms with Gasteiger partial charge in [0, 0.05) is 19.1 Å². The summed E-state index contributed by atoms with van der Waals surface area (Å²) in [5, 5.41) is 8.93. The van der Waals surface area contributed by atoms with Crippen molar-refractivity contribution >= 4 is 30.8 Å². The van der Waals surface area contributed by atoms with Crippen LogP contribution in [0.25, 0.3) is 0 Å². The highest BCUT2D eigenvalue weighted by Crippen LogP contribution is 2.06. The molecule has 15 heavy (non-hydrogen) atoms. The number of morpholine rings is 1. The summed E-state index contributed by atoms with van der Waals surface area (Å²) < 4.78 is 5.13. The Labute approximate surface area is 102 Å². The van der Waals surface area contributed by atoms with Gasteiger partial charge in [0.15, 0.2) is 0 Å². The third-order valence-electron chi connectivity index (χ3n) is 2.19. The molecule has 2 atom stereocenters. The number of hydrogen-bond acceptors (Lipinski definition) is 4. The number of halogens is 2. The third kappa shape index (κ3) is 4.99. The summed E-state index contributed by atoms with van der Waals surface area (Å²) in [5.41, 5.74) is 5.61. The number of ether oxygens (including phenoxy) is 1. The number of aliphatic carboxylic acids is 1. The van der Waals surface area contributed by atoms with Gasteiger partial charge in [-0.15, -0.1) is 24.8 Å². The van der Waals surface area contributed by atoms with Gasteiger partial charge in [-0.2, -0.15) is 0 Å². The van der Waals surface area contributed by atoms with E-state index in [1.807, 2.05) is 4.90 Å². The predicted molar refractivity (Wildman–Crippen MR) is 62.0 cm³/mol. The number of rotatable bonds is 3. The molecule has 0 amide bonds. The van der Waals surface area contributed by atoms with Crippen LogP contribution in [0.4, 0.5) is 0 Å².